The van der Waals surface area contributed by atoms with E-state index in [-0.39, 0.29) is 17.8 Å². The van der Waals surface area contributed by atoms with Gasteiger partial charge in [0.2, 0.25) is 11.8 Å². The SMILES string of the molecule is N#CC1(c2nc(Cc3ccc(F)cc3)no2)CCN(CC[C@H](NC(=O)CC2CCOCC2)c2ccccc2)CC1. The molecular formula is C31H36FN5O3. The zero-order valence-electron chi connectivity index (χ0n) is 22.7. The number of nitriles is 1. The summed E-state index contributed by atoms with van der Waals surface area (Å²) >= 11 is 0. The number of nitrogens with zero attached hydrogens (tertiary/aromatic N) is 4. The molecule has 5 rings (SSSR count). The molecule has 8 nitrogen and oxygen atoms in total. The van der Waals surface area contributed by atoms with Crippen LogP contribution in [0.3, 0.4) is 0 Å². The molecule has 3 heterocycles. The summed E-state index contributed by atoms with van der Waals surface area (Å²) < 4.78 is 24.2. The molecule has 40 heavy (non-hydrogen) atoms. The highest BCUT2D eigenvalue weighted by molar-refractivity contribution is 5.76. The number of ether oxygens (including phenoxy) is 1. The third kappa shape index (κ3) is 7.12. The van der Waals surface area contributed by atoms with E-state index < -0.39 is 5.41 Å². The number of amides is 1. The maximum Gasteiger partial charge on any atom is 0.247 e. The van der Waals surface area contributed by atoms with Crippen LogP contribution in [0, 0.1) is 23.1 Å². The molecule has 2 fully saturated rings. The number of carbonyl (C=O) groups excluding carboxylic acids is 1. The molecule has 1 N–H and O–H groups in total. The highest BCUT2D eigenvalue weighted by Crippen LogP contribution is 2.34. The van der Waals surface area contributed by atoms with E-state index in [1.807, 2.05) is 18.2 Å². The van der Waals surface area contributed by atoms with Crippen molar-refractivity contribution in [2.24, 2.45) is 5.92 Å². The van der Waals surface area contributed by atoms with E-state index in [0.717, 1.165) is 63.2 Å². The van der Waals surface area contributed by atoms with Gasteiger partial charge in [-0.05, 0) is 61.3 Å². The van der Waals surface area contributed by atoms with Crippen molar-refractivity contribution in [1.82, 2.24) is 20.4 Å². The molecule has 9 heteroatoms. The number of halogens is 1. The first-order valence-corrected chi connectivity index (χ1v) is 14.2. The fourth-order valence-electron chi connectivity index (χ4n) is 5.62. The van der Waals surface area contributed by atoms with Gasteiger partial charge in [-0.3, -0.25) is 4.79 Å². The third-order valence-electron chi connectivity index (χ3n) is 8.16. The Hall–Kier alpha value is -3.61. The minimum Gasteiger partial charge on any atom is -0.381 e. The van der Waals surface area contributed by atoms with E-state index in [4.69, 9.17) is 9.26 Å². The standard InChI is InChI=1S/C31H36FN5O3/c32-26-8-6-23(7-9-26)20-28-35-30(40-36-28)31(22-33)13-16-37(17-14-31)15-10-27(25-4-2-1-3-5-25)34-29(38)21-24-11-18-39-19-12-24/h1-9,24,27H,10-21H2,(H,34,38)/t27-/m0/s1. The topological polar surface area (TPSA) is 104 Å². The van der Waals surface area contributed by atoms with Crippen LogP contribution in [0.15, 0.2) is 59.1 Å². The van der Waals surface area contributed by atoms with Crippen LogP contribution in [-0.4, -0.2) is 53.8 Å². The largest absolute Gasteiger partial charge is 0.381 e. The molecule has 0 aliphatic carbocycles. The predicted octanol–water partition coefficient (Wildman–Crippen LogP) is 4.72. The zero-order valence-corrected chi connectivity index (χ0v) is 22.7. The first-order chi connectivity index (χ1) is 19.5. The van der Waals surface area contributed by atoms with Gasteiger partial charge in [-0.2, -0.15) is 10.2 Å². The van der Waals surface area contributed by atoms with Crippen molar-refractivity contribution in [1.29, 1.82) is 5.26 Å². The average Bonchev–Trinajstić information content (AvgIpc) is 3.47. The number of aromatic nitrogens is 2. The molecule has 1 amide bonds. The first kappa shape index (κ1) is 27.9. The molecule has 2 aliphatic heterocycles. The van der Waals surface area contributed by atoms with Crippen molar-refractivity contribution < 1.29 is 18.4 Å². The molecule has 1 atom stereocenters. The third-order valence-corrected chi connectivity index (χ3v) is 8.16. The van der Waals surface area contributed by atoms with Gasteiger partial charge in [0.25, 0.3) is 0 Å². The summed E-state index contributed by atoms with van der Waals surface area (Å²) in [6.45, 7) is 3.72. The second-order valence-electron chi connectivity index (χ2n) is 10.9. The van der Waals surface area contributed by atoms with Crippen molar-refractivity contribution >= 4 is 5.91 Å². The fraction of sp³-hybridized carbons (Fsp3) is 0.484. The number of rotatable bonds is 10. The summed E-state index contributed by atoms with van der Waals surface area (Å²) in [6, 6.07) is 18.7. The summed E-state index contributed by atoms with van der Waals surface area (Å²) in [6.07, 6.45) is 4.79. The Bertz CT molecular complexity index is 1280. The lowest BCUT2D eigenvalue weighted by molar-refractivity contribution is -0.123. The van der Waals surface area contributed by atoms with Gasteiger partial charge in [0, 0.05) is 45.7 Å². The van der Waals surface area contributed by atoms with Gasteiger partial charge in [-0.1, -0.05) is 47.6 Å². The molecule has 2 aromatic carbocycles. The maximum absolute atomic E-state index is 13.2. The summed E-state index contributed by atoms with van der Waals surface area (Å²) in [7, 11) is 0. The number of nitrogens with one attached hydrogen (secondary N) is 1. The second kappa shape index (κ2) is 13.2. The minimum absolute atomic E-state index is 0.0684. The van der Waals surface area contributed by atoms with Crippen LogP contribution >= 0.6 is 0 Å². The van der Waals surface area contributed by atoms with Crippen LogP contribution in [0.1, 0.15) is 67.4 Å². The van der Waals surface area contributed by atoms with E-state index in [9.17, 15) is 14.4 Å². The lowest BCUT2D eigenvalue weighted by Crippen LogP contribution is -2.43. The van der Waals surface area contributed by atoms with Crippen molar-refractivity contribution in [3.63, 3.8) is 0 Å². The van der Waals surface area contributed by atoms with E-state index in [0.29, 0.717) is 43.3 Å². The van der Waals surface area contributed by atoms with Crippen molar-refractivity contribution in [2.75, 3.05) is 32.8 Å². The maximum atomic E-state index is 13.2. The van der Waals surface area contributed by atoms with E-state index in [1.54, 1.807) is 12.1 Å². The number of likely N-dealkylation sites (tertiary alicyclic amines) is 1. The van der Waals surface area contributed by atoms with Crippen LogP contribution in [0.5, 0.6) is 0 Å². The van der Waals surface area contributed by atoms with Crippen molar-refractivity contribution in [2.45, 2.75) is 56.4 Å². The molecular weight excluding hydrogens is 509 g/mol. The van der Waals surface area contributed by atoms with E-state index in [2.05, 4.69) is 38.6 Å². The minimum atomic E-state index is -0.818. The Balaban J connectivity index is 1.16. The zero-order chi connectivity index (χ0) is 27.8. The van der Waals surface area contributed by atoms with Gasteiger partial charge in [-0.15, -0.1) is 0 Å². The predicted molar refractivity (Wildman–Crippen MR) is 147 cm³/mol. The fourth-order valence-corrected chi connectivity index (χ4v) is 5.62. The van der Waals surface area contributed by atoms with Crippen LogP contribution < -0.4 is 5.32 Å². The van der Waals surface area contributed by atoms with Crippen LogP contribution in [0.4, 0.5) is 4.39 Å². The Morgan fingerprint density at radius 1 is 1.12 bits per heavy atom. The van der Waals surface area contributed by atoms with E-state index >= 15 is 0 Å². The quantitative estimate of drug-likeness (QED) is 0.393. The normalized spacial score (nSPS) is 18.6. The molecule has 0 spiro atoms. The number of piperidine rings is 1. The lowest BCUT2D eigenvalue weighted by atomic mass is 9.79. The second-order valence-corrected chi connectivity index (χ2v) is 10.9. The molecule has 2 saturated heterocycles. The summed E-state index contributed by atoms with van der Waals surface area (Å²) in [5, 5.41) is 17.5. The lowest BCUT2D eigenvalue weighted by Gasteiger charge is -2.35. The van der Waals surface area contributed by atoms with Crippen LogP contribution in [-0.2, 0) is 21.4 Å². The molecule has 0 bridgehead atoms. The molecule has 0 saturated carbocycles. The molecule has 1 aromatic heterocycles. The summed E-state index contributed by atoms with van der Waals surface area (Å²) in [5.74, 6) is 1.03. The van der Waals surface area contributed by atoms with Crippen LogP contribution in [0.2, 0.25) is 0 Å². The smallest absolute Gasteiger partial charge is 0.247 e. The molecule has 0 radical (unpaired) electrons. The van der Waals surface area contributed by atoms with Gasteiger partial charge >= 0.3 is 0 Å². The van der Waals surface area contributed by atoms with Gasteiger partial charge in [0.05, 0.1) is 12.1 Å². The highest BCUT2D eigenvalue weighted by Gasteiger charge is 2.41. The van der Waals surface area contributed by atoms with E-state index in [1.165, 1.54) is 12.1 Å². The van der Waals surface area contributed by atoms with Gasteiger partial charge < -0.3 is 19.5 Å². The molecule has 3 aromatic rings. The monoisotopic (exact) mass is 545 g/mol. The number of carbonyl (C=O) groups is 1. The van der Waals surface area contributed by atoms with Crippen molar-refractivity contribution in [3.05, 3.63) is 83.3 Å². The number of benzene rings is 2. The number of hydrogen-bond acceptors (Lipinski definition) is 7. The van der Waals surface area contributed by atoms with Crippen LogP contribution in [0.25, 0.3) is 0 Å². The van der Waals surface area contributed by atoms with Gasteiger partial charge in [0.15, 0.2) is 5.82 Å². The first-order valence-electron chi connectivity index (χ1n) is 14.2. The molecule has 2 aliphatic rings. The Morgan fingerprint density at radius 3 is 2.55 bits per heavy atom. The Morgan fingerprint density at radius 2 is 1.85 bits per heavy atom. The van der Waals surface area contributed by atoms with Gasteiger partial charge in [-0.25, -0.2) is 4.39 Å². The average molecular weight is 546 g/mol. The summed E-state index contributed by atoms with van der Waals surface area (Å²) in [4.78, 5) is 19.8. The number of hydrogen-bond donors (Lipinski definition) is 1. The van der Waals surface area contributed by atoms with Gasteiger partial charge in [0.1, 0.15) is 11.2 Å². The Labute approximate surface area is 234 Å². The highest BCUT2D eigenvalue weighted by atomic mass is 19.1. The van der Waals surface area contributed by atoms with Crippen molar-refractivity contribution in [3.8, 4) is 6.07 Å². The molecule has 0 unspecified atom stereocenters. The summed E-state index contributed by atoms with van der Waals surface area (Å²) in [5.41, 5.74) is 1.16. The Kier molecular flexibility index (Phi) is 9.19. The molecule has 210 valence electrons.